The molecule has 11 rings (SSSR count). The Morgan fingerprint density at radius 1 is 0.362 bits per heavy atom. The summed E-state index contributed by atoms with van der Waals surface area (Å²) in [6, 6.07) is 57.6. The molecule has 2 aromatic heterocycles. The van der Waals surface area contributed by atoms with Crippen molar-refractivity contribution in [3.8, 4) is 33.6 Å². The van der Waals surface area contributed by atoms with E-state index >= 15 is 0 Å². The van der Waals surface area contributed by atoms with E-state index in [0.29, 0.717) is 0 Å². The predicted octanol–water partition coefficient (Wildman–Crippen LogP) is 11.1. The normalized spacial score (nSPS) is 15.7. The Hall–Kier alpha value is -6.12. The number of hydrogen-bond donors (Lipinski definition) is 0. The Morgan fingerprint density at radius 2 is 0.936 bits per heavy atom. The van der Waals surface area contributed by atoms with Gasteiger partial charge in [-0.25, -0.2) is 9.97 Å². The van der Waals surface area contributed by atoms with E-state index in [9.17, 15) is 0 Å². The third-order valence-electron chi connectivity index (χ3n) is 10.6. The van der Waals surface area contributed by atoms with Crippen molar-refractivity contribution in [3.63, 3.8) is 0 Å². The lowest BCUT2D eigenvalue weighted by Gasteiger charge is -2.30. The molecule has 0 unspecified atom stereocenters. The van der Waals surface area contributed by atoms with E-state index in [-0.39, 0.29) is 0 Å². The van der Waals surface area contributed by atoms with Gasteiger partial charge in [0.2, 0.25) is 0 Å². The maximum Gasteiger partial charge on any atom is 0.0788 e. The second kappa shape index (κ2) is 8.99. The second-order valence-electron chi connectivity index (χ2n) is 12.9. The summed E-state index contributed by atoms with van der Waals surface area (Å²) in [7, 11) is 0. The van der Waals surface area contributed by atoms with Crippen LogP contribution in [-0.4, -0.2) is 9.97 Å². The van der Waals surface area contributed by atoms with Crippen LogP contribution in [0.15, 0.2) is 158 Å². The van der Waals surface area contributed by atoms with Crippen molar-refractivity contribution in [2.24, 2.45) is 0 Å². The fourth-order valence-corrected chi connectivity index (χ4v) is 8.60. The largest absolute Gasteiger partial charge is 0.247 e. The molecule has 2 nitrogen and oxygen atoms in total. The first-order valence-electron chi connectivity index (χ1n) is 16.3. The van der Waals surface area contributed by atoms with Gasteiger partial charge in [-0.2, -0.15) is 0 Å². The van der Waals surface area contributed by atoms with Crippen molar-refractivity contribution in [2.45, 2.75) is 5.41 Å². The highest BCUT2D eigenvalue weighted by Crippen LogP contribution is 2.63. The number of pyridine rings is 2. The van der Waals surface area contributed by atoms with Crippen molar-refractivity contribution in [3.05, 3.63) is 180 Å². The van der Waals surface area contributed by atoms with Gasteiger partial charge in [0, 0.05) is 32.7 Å². The SMILES string of the molecule is c1ccc2c(c1)-c1ccc(-c3ccc4ccc5ccccc5c4n3)cc1[C@]21c2ccccc2-c2nc3c(ccc4ccccc43)cc21. The van der Waals surface area contributed by atoms with Crippen LogP contribution in [0.4, 0.5) is 0 Å². The molecule has 216 valence electrons. The molecule has 0 aliphatic heterocycles. The van der Waals surface area contributed by atoms with Crippen molar-refractivity contribution in [2.75, 3.05) is 0 Å². The molecule has 2 heteroatoms. The van der Waals surface area contributed by atoms with Crippen LogP contribution in [0.3, 0.4) is 0 Å². The molecule has 0 bridgehead atoms. The molecule has 7 aromatic carbocycles. The van der Waals surface area contributed by atoms with E-state index in [1.165, 1.54) is 65.9 Å². The summed E-state index contributed by atoms with van der Waals surface area (Å²) in [4.78, 5) is 10.8. The summed E-state index contributed by atoms with van der Waals surface area (Å²) in [5.74, 6) is 0. The zero-order valence-corrected chi connectivity index (χ0v) is 25.4. The first-order valence-corrected chi connectivity index (χ1v) is 16.3. The maximum atomic E-state index is 5.52. The maximum absolute atomic E-state index is 5.52. The highest BCUT2D eigenvalue weighted by atomic mass is 14.7. The number of rotatable bonds is 1. The molecule has 2 aliphatic carbocycles. The summed E-state index contributed by atoms with van der Waals surface area (Å²) in [6.07, 6.45) is 0. The number of nitrogens with zero attached hydrogens (tertiary/aromatic N) is 2. The average molecular weight is 595 g/mol. The van der Waals surface area contributed by atoms with E-state index in [1.807, 2.05) is 0 Å². The van der Waals surface area contributed by atoms with Gasteiger partial charge in [-0.1, -0.05) is 140 Å². The smallest absolute Gasteiger partial charge is 0.0788 e. The lowest BCUT2D eigenvalue weighted by atomic mass is 9.70. The molecule has 0 amide bonds. The molecule has 1 spiro atoms. The molecule has 9 aromatic rings. The first-order chi connectivity index (χ1) is 23.3. The fourth-order valence-electron chi connectivity index (χ4n) is 8.60. The number of aromatic nitrogens is 2. The van der Waals surface area contributed by atoms with Gasteiger partial charge in [-0.05, 0) is 62.4 Å². The molecule has 0 saturated carbocycles. The highest BCUT2D eigenvalue weighted by Gasteiger charge is 2.52. The Bertz CT molecular complexity index is 2810. The molecule has 47 heavy (non-hydrogen) atoms. The van der Waals surface area contributed by atoms with Crippen LogP contribution in [0.5, 0.6) is 0 Å². The first kappa shape index (κ1) is 25.1. The zero-order valence-electron chi connectivity index (χ0n) is 25.4. The van der Waals surface area contributed by atoms with Gasteiger partial charge in [-0.3, -0.25) is 0 Å². The Morgan fingerprint density at radius 3 is 1.72 bits per heavy atom. The molecular weight excluding hydrogens is 569 g/mol. The predicted molar refractivity (Wildman–Crippen MR) is 194 cm³/mol. The zero-order chi connectivity index (χ0) is 30.7. The van der Waals surface area contributed by atoms with E-state index in [4.69, 9.17) is 9.97 Å². The third kappa shape index (κ3) is 3.19. The third-order valence-corrected chi connectivity index (χ3v) is 10.6. The van der Waals surface area contributed by atoms with E-state index in [1.54, 1.807) is 0 Å². The van der Waals surface area contributed by atoms with Gasteiger partial charge < -0.3 is 0 Å². The van der Waals surface area contributed by atoms with Crippen LogP contribution in [0.1, 0.15) is 22.3 Å². The van der Waals surface area contributed by atoms with E-state index < -0.39 is 5.41 Å². The fraction of sp³-hybridized carbons (Fsp3) is 0.0222. The molecule has 2 aliphatic rings. The van der Waals surface area contributed by atoms with Crippen LogP contribution < -0.4 is 0 Å². The topological polar surface area (TPSA) is 25.8 Å². The molecule has 2 heterocycles. The highest BCUT2D eigenvalue weighted by molar-refractivity contribution is 6.08. The Kier molecular flexibility index (Phi) is 4.80. The van der Waals surface area contributed by atoms with Crippen LogP contribution >= 0.6 is 0 Å². The Labute approximate surface area is 271 Å². The molecule has 0 N–H and O–H groups in total. The summed E-state index contributed by atoms with van der Waals surface area (Å²) in [6.45, 7) is 0. The van der Waals surface area contributed by atoms with Gasteiger partial charge in [0.15, 0.2) is 0 Å². The van der Waals surface area contributed by atoms with Crippen LogP contribution in [0.2, 0.25) is 0 Å². The second-order valence-corrected chi connectivity index (χ2v) is 12.9. The van der Waals surface area contributed by atoms with Crippen molar-refractivity contribution in [1.29, 1.82) is 0 Å². The summed E-state index contributed by atoms with van der Waals surface area (Å²) >= 11 is 0. The molecular formula is C45H26N2. The molecule has 0 saturated heterocycles. The van der Waals surface area contributed by atoms with Crippen LogP contribution in [0.25, 0.3) is 77.0 Å². The van der Waals surface area contributed by atoms with E-state index in [0.717, 1.165) is 33.4 Å². The Balaban J connectivity index is 1.22. The lowest BCUT2D eigenvalue weighted by molar-refractivity contribution is 0.793. The number of benzene rings is 7. The van der Waals surface area contributed by atoms with Crippen LogP contribution in [0, 0.1) is 0 Å². The van der Waals surface area contributed by atoms with Crippen molar-refractivity contribution in [1.82, 2.24) is 9.97 Å². The molecule has 0 fully saturated rings. The van der Waals surface area contributed by atoms with Gasteiger partial charge >= 0.3 is 0 Å². The van der Waals surface area contributed by atoms with Crippen LogP contribution in [-0.2, 0) is 5.41 Å². The minimum Gasteiger partial charge on any atom is -0.247 e. The minimum absolute atomic E-state index is 0.482. The molecule has 1 atom stereocenters. The molecule has 0 radical (unpaired) electrons. The summed E-state index contributed by atoms with van der Waals surface area (Å²) in [5, 5.41) is 7.11. The average Bonchev–Trinajstić information content (AvgIpc) is 3.60. The lowest BCUT2D eigenvalue weighted by Crippen LogP contribution is -2.26. The van der Waals surface area contributed by atoms with E-state index in [2.05, 4.69) is 158 Å². The van der Waals surface area contributed by atoms with Gasteiger partial charge in [0.25, 0.3) is 0 Å². The number of fused-ring (bicyclic) bond motifs is 16. The monoisotopic (exact) mass is 594 g/mol. The standard InChI is InChI=1S/C45H26N2/c1-3-11-32-27(9-1)17-19-29-22-24-41(46-42(29)32)30-21-23-35-34-13-5-7-15-37(34)45(39(35)25-30)38-16-8-6-14-36(38)44-40(45)26-31-20-18-28-10-2-4-12-33(28)43(31)47-44/h1-26H/t45-/m1/s1. The quantitative estimate of drug-likeness (QED) is 0.177. The summed E-state index contributed by atoms with van der Waals surface area (Å²) < 4.78 is 0. The number of hydrogen-bond acceptors (Lipinski definition) is 2. The van der Waals surface area contributed by atoms with Gasteiger partial charge in [-0.15, -0.1) is 0 Å². The van der Waals surface area contributed by atoms with Gasteiger partial charge in [0.1, 0.15) is 0 Å². The minimum atomic E-state index is -0.482. The van der Waals surface area contributed by atoms with Crippen molar-refractivity contribution >= 4 is 43.4 Å². The van der Waals surface area contributed by atoms with Crippen molar-refractivity contribution < 1.29 is 0 Å². The van der Waals surface area contributed by atoms with Gasteiger partial charge in [0.05, 0.1) is 27.8 Å². The summed E-state index contributed by atoms with van der Waals surface area (Å²) in [5.41, 5.74) is 13.7.